The van der Waals surface area contributed by atoms with Gasteiger partial charge in [0.25, 0.3) is 5.91 Å². The van der Waals surface area contributed by atoms with E-state index in [1.807, 2.05) is 30.3 Å². The summed E-state index contributed by atoms with van der Waals surface area (Å²) in [6.07, 6.45) is 4.22. The number of benzene rings is 1. The second-order valence-corrected chi connectivity index (χ2v) is 5.42. The number of pyridine rings is 1. The zero-order valence-corrected chi connectivity index (χ0v) is 11.4. The van der Waals surface area contributed by atoms with E-state index in [0.29, 0.717) is 5.69 Å². The summed E-state index contributed by atoms with van der Waals surface area (Å²) in [7, 11) is 0. The molecule has 1 aliphatic rings. The van der Waals surface area contributed by atoms with E-state index < -0.39 is 0 Å². The first kappa shape index (κ1) is 13.1. The van der Waals surface area contributed by atoms with Crippen molar-refractivity contribution in [3.63, 3.8) is 0 Å². The molecule has 2 unspecified atom stereocenters. The maximum atomic E-state index is 12.3. The van der Waals surface area contributed by atoms with Crippen molar-refractivity contribution >= 4 is 16.8 Å². The van der Waals surface area contributed by atoms with Gasteiger partial charge in [-0.3, -0.25) is 4.79 Å². The number of nitrogens with one attached hydrogen (secondary N) is 1. The molecule has 1 amide bonds. The standard InChI is InChI=1S/C16H19N3O/c17-12-6-2-4-8-14(12)19-16(20)15-10-9-11-5-1-3-7-13(11)18-15/h1,3,5,7,9-10,12,14H,2,4,6,8,17H2,(H,19,20). The fraction of sp³-hybridized carbons (Fsp3) is 0.375. The highest BCUT2D eigenvalue weighted by Gasteiger charge is 2.24. The number of carbonyl (C=O) groups excluding carboxylic acids is 1. The largest absolute Gasteiger partial charge is 0.346 e. The van der Waals surface area contributed by atoms with Crippen LogP contribution in [0.25, 0.3) is 10.9 Å². The van der Waals surface area contributed by atoms with Gasteiger partial charge in [-0.25, -0.2) is 4.98 Å². The molecule has 1 saturated carbocycles. The van der Waals surface area contributed by atoms with Crippen LogP contribution in [0.2, 0.25) is 0 Å². The highest BCUT2D eigenvalue weighted by Crippen LogP contribution is 2.17. The highest BCUT2D eigenvalue weighted by molar-refractivity contribution is 5.95. The molecule has 0 aliphatic heterocycles. The van der Waals surface area contributed by atoms with Crippen molar-refractivity contribution in [3.8, 4) is 0 Å². The normalized spacial score (nSPS) is 22.6. The summed E-state index contributed by atoms with van der Waals surface area (Å²) in [4.78, 5) is 16.7. The van der Waals surface area contributed by atoms with Crippen LogP contribution in [0.1, 0.15) is 36.2 Å². The minimum Gasteiger partial charge on any atom is -0.346 e. The van der Waals surface area contributed by atoms with Gasteiger partial charge >= 0.3 is 0 Å². The monoisotopic (exact) mass is 269 g/mol. The van der Waals surface area contributed by atoms with Crippen molar-refractivity contribution in [2.24, 2.45) is 5.73 Å². The number of aromatic nitrogens is 1. The SMILES string of the molecule is NC1CCCCC1NC(=O)c1ccc2ccccc2n1. The van der Waals surface area contributed by atoms with Crippen LogP contribution in [0, 0.1) is 0 Å². The maximum Gasteiger partial charge on any atom is 0.270 e. The molecule has 0 saturated heterocycles. The second-order valence-electron chi connectivity index (χ2n) is 5.42. The van der Waals surface area contributed by atoms with Crippen LogP contribution >= 0.6 is 0 Å². The number of rotatable bonds is 2. The van der Waals surface area contributed by atoms with E-state index in [1.165, 1.54) is 0 Å². The summed E-state index contributed by atoms with van der Waals surface area (Å²) in [5.41, 5.74) is 7.36. The van der Waals surface area contributed by atoms with Crippen molar-refractivity contribution < 1.29 is 4.79 Å². The van der Waals surface area contributed by atoms with Crippen LogP contribution in [0.3, 0.4) is 0 Å². The fourth-order valence-corrected chi connectivity index (χ4v) is 2.77. The summed E-state index contributed by atoms with van der Waals surface area (Å²) >= 11 is 0. The molecule has 4 nitrogen and oxygen atoms in total. The van der Waals surface area contributed by atoms with E-state index in [0.717, 1.165) is 36.6 Å². The molecule has 3 rings (SSSR count). The van der Waals surface area contributed by atoms with Crippen molar-refractivity contribution in [3.05, 3.63) is 42.1 Å². The summed E-state index contributed by atoms with van der Waals surface area (Å²) in [6, 6.07) is 11.6. The zero-order valence-electron chi connectivity index (χ0n) is 11.4. The smallest absolute Gasteiger partial charge is 0.270 e. The van der Waals surface area contributed by atoms with Crippen LogP contribution in [-0.2, 0) is 0 Å². The van der Waals surface area contributed by atoms with Gasteiger partial charge in [0.15, 0.2) is 0 Å². The Labute approximate surface area is 118 Å². The molecule has 1 fully saturated rings. The summed E-state index contributed by atoms with van der Waals surface area (Å²) in [5.74, 6) is -0.127. The van der Waals surface area contributed by atoms with E-state index in [1.54, 1.807) is 6.07 Å². The van der Waals surface area contributed by atoms with Crippen LogP contribution in [0.4, 0.5) is 0 Å². The molecule has 0 bridgehead atoms. The Morgan fingerprint density at radius 3 is 2.80 bits per heavy atom. The Morgan fingerprint density at radius 1 is 1.15 bits per heavy atom. The average Bonchev–Trinajstić information content (AvgIpc) is 2.49. The molecule has 1 heterocycles. The predicted molar refractivity (Wildman–Crippen MR) is 79.4 cm³/mol. The van der Waals surface area contributed by atoms with Gasteiger partial charge in [-0.1, -0.05) is 37.1 Å². The van der Waals surface area contributed by atoms with E-state index in [4.69, 9.17) is 5.73 Å². The highest BCUT2D eigenvalue weighted by atomic mass is 16.1. The lowest BCUT2D eigenvalue weighted by Gasteiger charge is -2.29. The number of fused-ring (bicyclic) bond motifs is 1. The molecule has 1 aliphatic carbocycles. The number of nitrogens with zero attached hydrogens (tertiary/aromatic N) is 1. The molecule has 0 spiro atoms. The van der Waals surface area contributed by atoms with Gasteiger partial charge in [0.2, 0.25) is 0 Å². The molecule has 4 heteroatoms. The first-order chi connectivity index (χ1) is 9.74. The van der Waals surface area contributed by atoms with E-state index >= 15 is 0 Å². The quantitative estimate of drug-likeness (QED) is 0.878. The first-order valence-electron chi connectivity index (χ1n) is 7.16. The maximum absolute atomic E-state index is 12.3. The van der Waals surface area contributed by atoms with Gasteiger partial charge in [0.05, 0.1) is 5.52 Å². The van der Waals surface area contributed by atoms with E-state index in [-0.39, 0.29) is 18.0 Å². The second kappa shape index (κ2) is 5.59. The fourth-order valence-electron chi connectivity index (χ4n) is 2.77. The van der Waals surface area contributed by atoms with Gasteiger partial charge in [0.1, 0.15) is 5.69 Å². The topological polar surface area (TPSA) is 68.0 Å². The van der Waals surface area contributed by atoms with Gasteiger partial charge in [0, 0.05) is 17.5 Å². The van der Waals surface area contributed by atoms with Crippen LogP contribution < -0.4 is 11.1 Å². The minimum atomic E-state index is -0.127. The minimum absolute atomic E-state index is 0.0631. The Bertz CT molecular complexity index is 626. The molecular formula is C16H19N3O. The number of amides is 1. The predicted octanol–water partition coefficient (Wildman–Crippen LogP) is 2.23. The number of hydrogen-bond acceptors (Lipinski definition) is 3. The van der Waals surface area contributed by atoms with Crippen LogP contribution in [0.15, 0.2) is 36.4 Å². The third-order valence-electron chi connectivity index (χ3n) is 3.97. The third kappa shape index (κ3) is 2.65. The summed E-state index contributed by atoms with van der Waals surface area (Å²) in [6.45, 7) is 0. The first-order valence-corrected chi connectivity index (χ1v) is 7.16. The van der Waals surface area contributed by atoms with Crippen LogP contribution in [-0.4, -0.2) is 23.0 Å². The molecule has 20 heavy (non-hydrogen) atoms. The number of carbonyl (C=O) groups is 1. The van der Waals surface area contributed by atoms with Crippen molar-refractivity contribution in [2.45, 2.75) is 37.8 Å². The Balaban J connectivity index is 1.78. The molecule has 3 N–H and O–H groups in total. The zero-order chi connectivity index (χ0) is 13.9. The number of nitrogens with two attached hydrogens (primary N) is 1. The van der Waals surface area contributed by atoms with E-state index in [9.17, 15) is 4.79 Å². The lowest BCUT2D eigenvalue weighted by Crippen LogP contribution is -2.49. The summed E-state index contributed by atoms with van der Waals surface area (Å²) < 4.78 is 0. The van der Waals surface area contributed by atoms with Gasteiger partial charge < -0.3 is 11.1 Å². The number of para-hydroxylation sites is 1. The number of hydrogen-bond donors (Lipinski definition) is 2. The lowest BCUT2D eigenvalue weighted by atomic mass is 9.91. The lowest BCUT2D eigenvalue weighted by molar-refractivity contribution is 0.0916. The Morgan fingerprint density at radius 2 is 1.95 bits per heavy atom. The van der Waals surface area contributed by atoms with Crippen molar-refractivity contribution in [1.82, 2.24) is 10.3 Å². The van der Waals surface area contributed by atoms with Gasteiger partial charge in [-0.15, -0.1) is 0 Å². The van der Waals surface area contributed by atoms with Crippen LogP contribution in [0.5, 0.6) is 0 Å². The van der Waals surface area contributed by atoms with Gasteiger partial charge in [-0.05, 0) is 25.0 Å². The van der Waals surface area contributed by atoms with Gasteiger partial charge in [-0.2, -0.15) is 0 Å². The summed E-state index contributed by atoms with van der Waals surface area (Å²) in [5, 5.41) is 4.06. The third-order valence-corrected chi connectivity index (χ3v) is 3.97. The Hall–Kier alpha value is -1.94. The average molecular weight is 269 g/mol. The van der Waals surface area contributed by atoms with Crippen molar-refractivity contribution in [2.75, 3.05) is 0 Å². The van der Waals surface area contributed by atoms with E-state index in [2.05, 4.69) is 10.3 Å². The van der Waals surface area contributed by atoms with Crippen molar-refractivity contribution in [1.29, 1.82) is 0 Å². The molecular weight excluding hydrogens is 250 g/mol. The molecule has 1 aromatic heterocycles. The molecule has 1 aromatic carbocycles. The molecule has 2 atom stereocenters. The Kier molecular flexibility index (Phi) is 3.65. The molecule has 2 aromatic rings. The molecule has 0 radical (unpaired) electrons. The molecule has 104 valence electrons.